The van der Waals surface area contributed by atoms with Crippen LogP contribution in [0.3, 0.4) is 0 Å². The summed E-state index contributed by atoms with van der Waals surface area (Å²) in [6, 6.07) is 0. The molecule has 76 heavy (non-hydrogen) atoms. The van der Waals surface area contributed by atoms with Crippen molar-refractivity contribution in [3.63, 3.8) is 0 Å². The van der Waals surface area contributed by atoms with Gasteiger partial charge in [0.2, 0.25) is 0 Å². The Bertz CT molecular complexity index is 1270. The van der Waals surface area contributed by atoms with Crippen LogP contribution < -0.4 is 0 Å². The summed E-state index contributed by atoms with van der Waals surface area (Å²) in [7, 11) is 0. The van der Waals surface area contributed by atoms with Crippen LogP contribution in [0, 0.1) is 0 Å². The minimum atomic E-state index is -0.775. The zero-order valence-corrected chi connectivity index (χ0v) is 51.3. The summed E-state index contributed by atoms with van der Waals surface area (Å²) in [4.78, 5) is 38.1. The Morgan fingerprint density at radius 2 is 0.474 bits per heavy atom. The highest BCUT2D eigenvalue weighted by Gasteiger charge is 2.19. The molecule has 0 aliphatic rings. The third kappa shape index (κ3) is 62.5. The van der Waals surface area contributed by atoms with Crippen LogP contribution in [-0.4, -0.2) is 37.2 Å². The fourth-order valence-corrected chi connectivity index (χ4v) is 10.3. The van der Waals surface area contributed by atoms with E-state index in [-0.39, 0.29) is 31.1 Å². The molecule has 0 aromatic carbocycles. The fraction of sp³-hybridized carbons (Fsp3) is 0.871. The van der Waals surface area contributed by atoms with E-state index in [2.05, 4.69) is 57.2 Å². The summed E-state index contributed by atoms with van der Waals surface area (Å²) < 4.78 is 16.9. The Kier molecular flexibility index (Phi) is 63.1. The van der Waals surface area contributed by atoms with Crippen LogP contribution in [-0.2, 0) is 28.6 Å². The third-order valence-corrected chi connectivity index (χ3v) is 15.4. The monoisotopic (exact) mass is 1070 g/mol. The molecule has 0 heterocycles. The molecule has 6 heteroatoms. The zero-order chi connectivity index (χ0) is 55.0. The molecule has 0 aromatic heterocycles. The number of hydrogen-bond acceptors (Lipinski definition) is 6. The van der Waals surface area contributed by atoms with Crippen molar-refractivity contribution in [1.29, 1.82) is 0 Å². The van der Waals surface area contributed by atoms with Gasteiger partial charge in [0.25, 0.3) is 0 Å². The van der Waals surface area contributed by atoms with E-state index < -0.39 is 6.10 Å². The lowest BCUT2D eigenvalue weighted by molar-refractivity contribution is -0.167. The first-order chi connectivity index (χ1) is 37.5. The lowest BCUT2D eigenvalue weighted by atomic mass is 10.0. The van der Waals surface area contributed by atoms with Gasteiger partial charge in [-0.25, -0.2) is 0 Å². The van der Waals surface area contributed by atoms with Gasteiger partial charge in [-0.1, -0.05) is 333 Å². The maximum absolute atomic E-state index is 12.9. The first-order valence-electron chi connectivity index (χ1n) is 34.0. The standard InChI is InChI=1S/C70H130O6/c1-4-7-10-13-16-19-21-23-25-27-29-30-31-32-33-34-35-36-37-38-39-40-42-43-45-47-49-51-54-57-60-63-69(72)75-66-67(65-74-68(71)62-59-56-53-18-15-12-9-6-3)76-70(73)64-61-58-55-52-50-48-46-44-41-28-26-24-22-20-17-14-11-8-5-2/h17,20,24,26,41,44,67H,4-16,18-19,21-23,25,27-40,42-43,45-66H2,1-3H3/b20-17-,26-24-,44-41-. The van der Waals surface area contributed by atoms with Gasteiger partial charge in [-0.15, -0.1) is 0 Å². The van der Waals surface area contributed by atoms with Gasteiger partial charge < -0.3 is 14.2 Å². The summed E-state index contributed by atoms with van der Waals surface area (Å²) in [5.74, 6) is -0.868. The second-order valence-corrected chi connectivity index (χ2v) is 23.1. The molecule has 0 fully saturated rings. The SMILES string of the molecule is CCCCC/C=C\C/C=C\C/C=C\CCCCCCCCC(=O)OC(COC(=O)CCCCCCCCCC)COC(=O)CCCCCCCCCCCCCCCCCCCCCCCCCCCCCCCCC. The molecule has 0 bridgehead atoms. The minimum Gasteiger partial charge on any atom is -0.462 e. The predicted molar refractivity (Wildman–Crippen MR) is 330 cm³/mol. The molecule has 0 amide bonds. The number of hydrogen-bond donors (Lipinski definition) is 0. The minimum absolute atomic E-state index is 0.0729. The molecule has 1 atom stereocenters. The van der Waals surface area contributed by atoms with Crippen LogP contribution in [0.2, 0.25) is 0 Å². The van der Waals surface area contributed by atoms with Crippen LogP contribution in [0.1, 0.15) is 374 Å². The molecule has 0 aliphatic heterocycles. The highest BCUT2D eigenvalue weighted by Crippen LogP contribution is 2.18. The molecule has 0 spiro atoms. The highest BCUT2D eigenvalue weighted by atomic mass is 16.6. The zero-order valence-electron chi connectivity index (χ0n) is 51.3. The van der Waals surface area contributed by atoms with Crippen molar-refractivity contribution < 1.29 is 28.6 Å². The van der Waals surface area contributed by atoms with Gasteiger partial charge in [-0.2, -0.15) is 0 Å². The average molecular weight is 1070 g/mol. The number of esters is 3. The molecule has 0 aliphatic carbocycles. The van der Waals surface area contributed by atoms with E-state index in [4.69, 9.17) is 14.2 Å². The van der Waals surface area contributed by atoms with Gasteiger partial charge >= 0.3 is 17.9 Å². The molecular formula is C70H130O6. The summed E-state index contributed by atoms with van der Waals surface area (Å²) in [6.45, 7) is 6.63. The molecule has 446 valence electrons. The Morgan fingerprint density at radius 1 is 0.263 bits per heavy atom. The first-order valence-corrected chi connectivity index (χ1v) is 34.0. The average Bonchev–Trinajstić information content (AvgIpc) is 3.42. The van der Waals surface area contributed by atoms with E-state index in [0.29, 0.717) is 19.3 Å². The Hall–Kier alpha value is -2.37. The molecule has 1 unspecified atom stereocenters. The molecule has 6 nitrogen and oxygen atoms in total. The molecule has 0 N–H and O–H groups in total. The Balaban J connectivity index is 4.04. The summed E-state index contributed by atoms with van der Waals surface area (Å²) >= 11 is 0. The smallest absolute Gasteiger partial charge is 0.306 e. The summed E-state index contributed by atoms with van der Waals surface area (Å²) in [6.07, 6.45) is 80.6. The molecule has 0 rings (SSSR count). The van der Waals surface area contributed by atoms with Crippen LogP contribution in [0.15, 0.2) is 36.5 Å². The van der Waals surface area contributed by atoms with E-state index in [9.17, 15) is 14.4 Å². The second-order valence-electron chi connectivity index (χ2n) is 23.1. The van der Waals surface area contributed by atoms with E-state index >= 15 is 0 Å². The van der Waals surface area contributed by atoms with Crippen molar-refractivity contribution in [2.45, 2.75) is 380 Å². The van der Waals surface area contributed by atoms with Crippen LogP contribution >= 0.6 is 0 Å². The molecule has 0 aromatic rings. The quantitative estimate of drug-likeness (QED) is 0.0261. The fourth-order valence-electron chi connectivity index (χ4n) is 10.3. The van der Waals surface area contributed by atoms with E-state index in [1.54, 1.807) is 0 Å². The van der Waals surface area contributed by atoms with Gasteiger partial charge in [0.05, 0.1) is 0 Å². The van der Waals surface area contributed by atoms with Gasteiger partial charge in [0.15, 0.2) is 6.10 Å². The Morgan fingerprint density at radius 3 is 0.763 bits per heavy atom. The normalized spacial score (nSPS) is 12.2. The largest absolute Gasteiger partial charge is 0.462 e. The van der Waals surface area contributed by atoms with Gasteiger partial charge in [-0.05, 0) is 57.8 Å². The van der Waals surface area contributed by atoms with E-state index in [0.717, 1.165) is 77.0 Å². The molecular weight excluding hydrogens is 937 g/mol. The third-order valence-electron chi connectivity index (χ3n) is 15.4. The van der Waals surface area contributed by atoms with Crippen molar-refractivity contribution in [2.75, 3.05) is 13.2 Å². The van der Waals surface area contributed by atoms with Crippen molar-refractivity contribution in [3.8, 4) is 0 Å². The number of rotatable bonds is 63. The lowest BCUT2D eigenvalue weighted by Gasteiger charge is -2.18. The van der Waals surface area contributed by atoms with Gasteiger partial charge in [-0.3, -0.25) is 14.4 Å². The molecule has 0 saturated carbocycles. The highest BCUT2D eigenvalue weighted by molar-refractivity contribution is 5.71. The van der Waals surface area contributed by atoms with Gasteiger partial charge in [0.1, 0.15) is 13.2 Å². The van der Waals surface area contributed by atoms with Crippen molar-refractivity contribution in [3.05, 3.63) is 36.5 Å². The van der Waals surface area contributed by atoms with E-state index in [1.807, 2.05) is 0 Å². The molecule has 0 radical (unpaired) electrons. The van der Waals surface area contributed by atoms with Crippen molar-refractivity contribution >= 4 is 17.9 Å². The number of allylic oxidation sites excluding steroid dienone is 6. The number of carbonyl (C=O) groups excluding carboxylic acids is 3. The molecule has 0 saturated heterocycles. The van der Waals surface area contributed by atoms with E-state index in [1.165, 1.54) is 257 Å². The van der Waals surface area contributed by atoms with Crippen LogP contribution in [0.5, 0.6) is 0 Å². The topological polar surface area (TPSA) is 78.9 Å². The maximum Gasteiger partial charge on any atom is 0.306 e. The van der Waals surface area contributed by atoms with Crippen molar-refractivity contribution in [1.82, 2.24) is 0 Å². The maximum atomic E-state index is 12.9. The number of carbonyl (C=O) groups is 3. The van der Waals surface area contributed by atoms with Crippen LogP contribution in [0.25, 0.3) is 0 Å². The lowest BCUT2D eigenvalue weighted by Crippen LogP contribution is -2.30. The first kappa shape index (κ1) is 73.6. The Labute approximate surface area is 474 Å². The number of ether oxygens (including phenoxy) is 3. The van der Waals surface area contributed by atoms with Gasteiger partial charge in [0, 0.05) is 19.3 Å². The second kappa shape index (κ2) is 65.2. The predicted octanol–water partition coefficient (Wildman–Crippen LogP) is 23.2. The summed E-state index contributed by atoms with van der Waals surface area (Å²) in [5.41, 5.74) is 0. The number of unbranched alkanes of at least 4 members (excludes halogenated alkanes) is 46. The summed E-state index contributed by atoms with van der Waals surface area (Å²) in [5, 5.41) is 0. The van der Waals surface area contributed by atoms with Crippen LogP contribution in [0.4, 0.5) is 0 Å². The van der Waals surface area contributed by atoms with Crippen molar-refractivity contribution in [2.24, 2.45) is 0 Å².